The number of hydrogen-bond donors (Lipinski definition) is 1. The Bertz CT molecular complexity index is 855. The molecule has 1 aromatic heterocycles. The lowest BCUT2D eigenvalue weighted by Gasteiger charge is -2.22. The fourth-order valence-corrected chi connectivity index (χ4v) is 2.86. The van der Waals surface area contributed by atoms with E-state index in [-0.39, 0.29) is 5.82 Å². The molecule has 1 heterocycles. The van der Waals surface area contributed by atoms with Crippen molar-refractivity contribution in [3.05, 3.63) is 89.8 Å². The first kappa shape index (κ1) is 18.6. The zero-order chi connectivity index (χ0) is 19.1. The molecule has 0 atom stereocenters. The van der Waals surface area contributed by atoms with Gasteiger partial charge in [0, 0.05) is 46.1 Å². The molecule has 0 spiro atoms. The van der Waals surface area contributed by atoms with E-state index in [4.69, 9.17) is 0 Å². The average Bonchev–Trinajstić information content (AvgIpc) is 3.18. The van der Waals surface area contributed by atoms with Crippen molar-refractivity contribution in [2.45, 2.75) is 19.6 Å². The topological polar surface area (TPSA) is 45.5 Å². The Kier molecular flexibility index (Phi) is 6.20. The minimum absolute atomic E-state index is 0.222. The van der Waals surface area contributed by atoms with Crippen LogP contribution < -0.4 is 5.32 Å². The molecule has 0 aliphatic heterocycles. The van der Waals surface area contributed by atoms with Crippen molar-refractivity contribution >= 4 is 5.96 Å². The fourth-order valence-electron chi connectivity index (χ4n) is 2.86. The van der Waals surface area contributed by atoms with Crippen molar-refractivity contribution in [2.24, 2.45) is 4.99 Å². The number of benzene rings is 2. The fraction of sp³-hybridized carbons (Fsp3) is 0.238. The van der Waals surface area contributed by atoms with Gasteiger partial charge in [0.1, 0.15) is 5.82 Å². The summed E-state index contributed by atoms with van der Waals surface area (Å²) < 4.78 is 15.1. The molecule has 0 saturated heterocycles. The second kappa shape index (κ2) is 8.98. The SMILES string of the molecule is CN=C(NCc1ccc(Cn2ccnc2)cc1)N(C)Cc1ccc(F)cc1. The van der Waals surface area contributed by atoms with Gasteiger partial charge in [-0.15, -0.1) is 0 Å². The van der Waals surface area contributed by atoms with E-state index in [1.165, 1.54) is 23.3 Å². The molecule has 5 nitrogen and oxygen atoms in total. The van der Waals surface area contributed by atoms with Crippen molar-refractivity contribution in [3.63, 3.8) is 0 Å². The van der Waals surface area contributed by atoms with E-state index >= 15 is 0 Å². The molecule has 27 heavy (non-hydrogen) atoms. The normalized spacial score (nSPS) is 11.4. The molecule has 3 rings (SSSR count). The summed E-state index contributed by atoms with van der Waals surface area (Å²) in [5.74, 6) is 0.571. The summed E-state index contributed by atoms with van der Waals surface area (Å²) in [6, 6.07) is 15.0. The summed E-state index contributed by atoms with van der Waals surface area (Å²) in [4.78, 5) is 10.4. The van der Waals surface area contributed by atoms with Crippen LogP contribution in [0.4, 0.5) is 4.39 Å². The molecule has 0 saturated carbocycles. The second-order valence-electron chi connectivity index (χ2n) is 6.43. The number of rotatable bonds is 6. The van der Waals surface area contributed by atoms with Crippen LogP contribution >= 0.6 is 0 Å². The lowest BCUT2D eigenvalue weighted by Crippen LogP contribution is -2.38. The van der Waals surface area contributed by atoms with Crippen molar-refractivity contribution in [2.75, 3.05) is 14.1 Å². The molecule has 0 unspecified atom stereocenters. The van der Waals surface area contributed by atoms with Gasteiger partial charge in [-0.2, -0.15) is 0 Å². The Hall–Kier alpha value is -3.15. The standard InChI is InChI=1S/C21H24FN5/c1-23-21(26(2)14-18-7-9-20(22)10-8-18)25-13-17-3-5-19(6-4-17)15-27-12-11-24-16-27/h3-12,16H,13-15H2,1-2H3,(H,23,25). The number of nitrogens with one attached hydrogen (secondary N) is 1. The number of halogens is 1. The monoisotopic (exact) mass is 365 g/mol. The molecular weight excluding hydrogens is 341 g/mol. The van der Waals surface area contributed by atoms with E-state index in [0.29, 0.717) is 13.1 Å². The molecular formula is C21H24FN5. The quantitative estimate of drug-likeness (QED) is 0.539. The van der Waals surface area contributed by atoms with E-state index in [9.17, 15) is 4.39 Å². The maximum Gasteiger partial charge on any atom is 0.193 e. The van der Waals surface area contributed by atoms with Crippen LogP contribution in [0.25, 0.3) is 0 Å². The van der Waals surface area contributed by atoms with Gasteiger partial charge in [0.2, 0.25) is 0 Å². The Morgan fingerprint density at radius 3 is 2.37 bits per heavy atom. The Morgan fingerprint density at radius 2 is 1.74 bits per heavy atom. The largest absolute Gasteiger partial charge is 0.352 e. The summed E-state index contributed by atoms with van der Waals surface area (Å²) in [7, 11) is 3.73. The van der Waals surface area contributed by atoms with Gasteiger partial charge in [-0.25, -0.2) is 9.37 Å². The molecule has 0 aliphatic rings. The van der Waals surface area contributed by atoms with Crippen LogP contribution in [-0.2, 0) is 19.6 Å². The third kappa shape index (κ3) is 5.41. The summed E-state index contributed by atoms with van der Waals surface area (Å²) in [6.07, 6.45) is 5.55. The van der Waals surface area contributed by atoms with Gasteiger partial charge in [-0.05, 0) is 28.8 Å². The van der Waals surface area contributed by atoms with Gasteiger partial charge in [0.15, 0.2) is 5.96 Å². The number of aromatic nitrogens is 2. The maximum absolute atomic E-state index is 13.0. The van der Waals surface area contributed by atoms with Gasteiger partial charge in [-0.1, -0.05) is 36.4 Å². The molecule has 0 fully saturated rings. The van der Waals surface area contributed by atoms with E-state index in [0.717, 1.165) is 18.1 Å². The Balaban J connectivity index is 1.53. The Labute approximate surface area is 159 Å². The predicted molar refractivity (Wildman–Crippen MR) is 106 cm³/mol. The van der Waals surface area contributed by atoms with Gasteiger partial charge >= 0.3 is 0 Å². The minimum atomic E-state index is -0.222. The molecule has 0 radical (unpaired) electrons. The second-order valence-corrected chi connectivity index (χ2v) is 6.43. The summed E-state index contributed by atoms with van der Waals surface area (Å²) >= 11 is 0. The molecule has 0 amide bonds. The molecule has 0 aliphatic carbocycles. The van der Waals surface area contributed by atoms with Crippen LogP contribution in [-0.4, -0.2) is 34.5 Å². The van der Waals surface area contributed by atoms with E-state index in [1.807, 2.05) is 29.0 Å². The highest BCUT2D eigenvalue weighted by Gasteiger charge is 2.07. The molecule has 0 bridgehead atoms. The third-order valence-electron chi connectivity index (χ3n) is 4.30. The summed E-state index contributed by atoms with van der Waals surface area (Å²) in [5.41, 5.74) is 3.45. The van der Waals surface area contributed by atoms with Crippen molar-refractivity contribution < 1.29 is 4.39 Å². The number of imidazole rings is 1. The summed E-state index contributed by atoms with van der Waals surface area (Å²) in [5, 5.41) is 3.37. The Morgan fingerprint density at radius 1 is 1.07 bits per heavy atom. The van der Waals surface area contributed by atoms with Crippen LogP contribution in [0.1, 0.15) is 16.7 Å². The lowest BCUT2D eigenvalue weighted by molar-refractivity contribution is 0.476. The number of aliphatic imine (C=N–C) groups is 1. The zero-order valence-electron chi connectivity index (χ0n) is 15.6. The molecule has 6 heteroatoms. The van der Waals surface area contributed by atoms with Crippen LogP contribution in [0.5, 0.6) is 0 Å². The molecule has 2 aromatic carbocycles. The average molecular weight is 365 g/mol. The van der Waals surface area contributed by atoms with Crippen LogP contribution in [0, 0.1) is 5.82 Å². The first-order valence-electron chi connectivity index (χ1n) is 8.84. The maximum atomic E-state index is 13.0. The van der Waals surface area contributed by atoms with Gasteiger partial charge in [0.25, 0.3) is 0 Å². The highest BCUT2D eigenvalue weighted by molar-refractivity contribution is 5.79. The van der Waals surface area contributed by atoms with Gasteiger partial charge in [0.05, 0.1) is 6.33 Å². The highest BCUT2D eigenvalue weighted by atomic mass is 19.1. The van der Waals surface area contributed by atoms with Gasteiger partial charge < -0.3 is 14.8 Å². The predicted octanol–water partition coefficient (Wildman–Crippen LogP) is 3.28. The van der Waals surface area contributed by atoms with Crippen molar-refractivity contribution in [1.82, 2.24) is 19.8 Å². The van der Waals surface area contributed by atoms with E-state index in [1.54, 1.807) is 25.4 Å². The van der Waals surface area contributed by atoms with E-state index in [2.05, 4.69) is 39.6 Å². The molecule has 140 valence electrons. The zero-order valence-corrected chi connectivity index (χ0v) is 15.6. The van der Waals surface area contributed by atoms with Crippen LogP contribution in [0.15, 0.2) is 72.2 Å². The van der Waals surface area contributed by atoms with E-state index < -0.39 is 0 Å². The molecule has 1 N–H and O–H groups in total. The number of hydrogen-bond acceptors (Lipinski definition) is 2. The highest BCUT2D eigenvalue weighted by Crippen LogP contribution is 2.08. The summed E-state index contributed by atoms with van der Waals surface area (Å²) in [6.45, 7) is 2.16. The molecule has 3 aromatic rings. The van der Waals surface area contributed by atoms with Gasteiger partial charge in [-0.3, -0.25) is 4.99 Å². The first-order valence-corrected chi connectivity index (χ1v) is 8.84. The van der Waals surface area contributed by atoms with Crippen LogP contribution in [0.3, 0.4) is 0 Å². The number of guanidine groups is 1. The number of nitrogens with zero attached hydrogens (tertiary/aromatic N) is 4. The van der Waals surface area contributed by atoms with Crippen molar-refractivity contribution in [3.8, 4) is 0 Å². The first-order chi connectivity index (χ1) is 13.1. The third-order valence-corrected chi connectivity index (χ3v) is 4.30. The van der Waals surface area contributed by atoms with Crippen molar-refractivity contribution in [1.29, 1.82) is 0 Å². The smallest absolute Gasteiger partial charge is 0.193 e. The van der Waals surface area contributed by atoms with Crippen LogP contribution in [0.2, 0.25) is 0 Å². The minimum Gasteiger partial charge on any atom is -0.352 e. The lowest BCUT2D eigenvalue weighted by atomic mass is 10.1.